The molecule has 0 amide bonds. The van der Waals surface area contributed by atoms with Crippen molar-refractivity contribution in [2.45, 2.75) is 6.92 Å². The topological polar surface area (TPSA) is 38.2 Å². The van der Waals surface area contributed by atoms with Gasteiger partial charge in [-0.15, -0.1) is 10.2 Å². The molecule has 0 saturated carbocycles. The minimum atomic E-state index is 0.409. The smallest absolute Gasteiger partial charge is 0.151 e. The van der Waals surface area contributed by atoms with Crippen LogP contribution in [0.5, 0.6) is 0 Å². The molecule has 0 N–H and O–H groups in total. The van der Waals surface area contributed by atoms with E-state index in [-0.39, 0.29) is 0 Å². The molecule has 0 spiro atoms. The van der Waals surface area contributed by atoms with Crippen molar-refractivity contribution in [1.82, 2.24) is 10.2 Å². The third-order valence-electron chi connectivity index (χ3n) is 1.78. The first-order valence-corrected chi connectivity index (χ1v) is 4.90. The number of ether oxygens (including phenoxy) is 1. The van der Waals surface area contributed by atoms with Crippen molar-refractivity contribution in [1.29, 1.82) is 0 Å². The van der Waals surface area contributed by atoms with Crippen molar-refractivity contribution in [3.63, 3.8) is 0 Å². The number of hydrogen-bond donors (Lipinski definition) is 0. The Morgan fingerprint density at radius 1 is 1.43 bits per heavy atom. The lowest BCUT2D eigenvalue weighted by Gasteiger charge is -2.16. The number of likely N-dealkylation sites (N-methyl/N-ethyl adjacent to an activating group) is 1. The molecule has 78 valence electrons. The Labute approximate surface area is 88.8 Å². The van der Waals surface area contributed by atoms with E-state index in [2.05, 4.69) is 10.2 Å². The van der Waals surface area contributed by atoms with E-state index in [1.807, 2.05) is 24.9 Å². The predicted molar refractivity (Wildman–Crippen MR) is 56.8 cm³/mol. The standard InChI is InChI=1S/C9H14ClN3O/c1-3-14-7-6-13(2)9-5-4-8(10)11-12-9/h4-5H,3,6-7H2,1-2H3. The molecule has 5 heteroatoms. The van der Waals surface area contributed by atoms with Gasteiger partial charge in [-0.05, 0) is 19.1 Å². The molecule has 1 heterocycles. The van der Waals surface area contributed by atoms with Gasteiger partial charge in [0.2, 0.25) is 0 Å². The van der Waals surface area contributed by atoms with Crippen LogP contribution in [-0.2, 0) is 4.74 Å². The molecule has 1 aromatic heterocycles. The maximum atomic E-state index is 5.63. The summed E-state index contributed by atoms with van der Waals surface area (Å²) < 4.78 is 5.23. The van der Waals surface area contributed by atoms with Gasteiger partial charge in [0.25, 0.3) is 0 Å². The quantitative estimate of drug-likeness (QED) is 0.700. The lowest BCUT2D eigenvalue weighted by molar-refractivity contribution is 0.154. The van der Waals surface area contributed by atoms with E-state index in [1.54, 1.807) is 6.07 Å². The van der Waals surface area contributed by atoms with Gasteiger partial charge in [-0.25, -0.2) is 0 Å². The number of nitrogens with zero attached hydrogens (tertiary/aromatic N) is 3. The molecule has 1 aromatic rings. The van der Waals surface area contributed by atoms with Gasteiger partial charge in [0.1, 0.15) is 0 Å². The highest BCUT2D eigenvalue weighted by molar-refractivity contribution is 6.29. The van der Waals surface area contributed by atoms with E-state index >= 15 is 0 Å². The average Bonchev–Trinajstić information content (AvgIpc) is 2.19. The highest BCUT2D eigenvalue weighted by atomic mass is 35.5. The maximum absolute atomic E-state index is 5.63. The Morgan fingerprint density at radius 2 is 2.21 bits per heavy atom. The third kappa shape index (κ3) is 3.47. The highest BCUT2D eigenvalue weighted by Crippen LogP contribution is 2.09. The normalized spacial score (nSPS) is 10.2. The van der Waals surface area contributed by atoms with Gasteiger partial charge in [-0.2, -0.15) is 0 Å². The van der Waals surface area contributed by atoms with Crippen molar-refractivity contribution in [2.75, 3.05) is 31.7 Å². The zero-order valence-electron chi connectivity index (χ0n) is 8.40. The minimum absolute atomic E-state index is 0.409. The minimum Gasteiger partial charge on any atom is -0.380 e. The van der Waals surface area contributed by atoms with Crippen LogP contribution in [0.3, 0.4) is 0 Å². The molecule has 0 unspecified atom stereocenters. The fourth-order valence-electron chi connectivity index (χ4n) is 0.973. The summed E-state index contributed by atoms with van der Waals surface area (Å²) in [4.78, 5) is 1.97. The van der Waals surface area contributed by atoms with Crippen molar-refractivity contribution < 1.29 is 4.74 Å². The molecule has 0 aliphatic heterocycles. The van der Waals surface area contributed by atoms with E-state index in [4.69, 9.17) is 16.3 Å². The van der Waals surface area contributed by atoms with Crippen LogP contribution in [0.15, 0.2) is 12.1 Å². The molecular formula is C9H14ClN3O. The Bertz CT molecular complexity index is 265. The first kappa shape index (κ1) is 11.2. The first-order chi connectivity index (χ1) is 6.74. The second-order valence-corrected chi connectivity index (χ2v) is 3.22. The van der Waals surface area contributed by atoms with Crippen molar-refractivity contribution in [2.24, 2.45) is 0 Å². The monoisotopic (exact) mass is 215 g/mol. The van der Waals surface area contributed by atoms with Gasteiger partial charge < -0.3 is 9.64 Å². The molecular weight excluding hydrogens is 202 g/mol. The maximum Gasteiger partial charge on any atom is 0.151 e. The van der Waals surface area contributed by atoms with Crippen LogP contribution in [0.1, 0.15) is 6.92 Å². The molecule has 0 aliphatic carbocycles. The van der Waals surface area contributed by atoms with Gasteiger partial charge in [-0.1, -0.05) is 11.6 Å². The molecule has 0 bridgehead atoms. The summed E-state index contributed by atoms with van der Waals surface area (Å²) in [6.45, 7) is 4.20. The Morgan fingerprint density at radius 3 is 2.79 bits per heavy atom. The summed E-state index contributed by atoms with van der Waals surface area (Å²) in [5.74, 6) is 0.800. The van der Waals surface area contributed by atoms with E-state index in [9.17, 15) is 0 Å². The Kier molecular flexibility index (Phi) is 4.62. The second-order valence-electron chi connectivity index (χ2n) is 2.83. The summed E-state index contributed by atoms with van der Waals surface area (Å²) >= 11 is 5.63. The van der Waals surface area contributed by atoms with E-state index in [0.717, 1.165) is 19.0 Å². The van der Waals surface area contributed by atoms with E-state index in [0.29, 0.717) is 11.8 Å². The lowest BCUT2D eigenvalue weighted by Crippen LogP contribution is -2.23. The molecule has 0 atom stereocenters. The van der Waals surface area contributed by atoms with Gasteiger partial charge in [-0.3, -0.25) is 0 Å². The summed E-state index contributed by atoms with van der Waals surface area (Å²) in [6, 6.07) is 3.56. The van der Waals surface area contributed by atoms with Gasteiger partial charge >= 0.3 is 0 Å². The van der Waals surface area contributed by atoms with Crippen LogP contribution in [0.4, 0.5) is 5.82 Å². The van der Waals surface area contributed by atoms with Crippen LogP contribution < -0.4 is 4.90 Å². The fraction of sp³-hybridized carbons (Fsp3) is 0.556. The molecule has 14 heavy (non-hydrogen) atoms. The number of hydrogen-bond acceptors (Lipinski definition) is 4. The predicted octanol–water partition coefficient (Wildman–Crippen LogP) is 1.60. The fourth-order valence-corrected chi connectivity index (χ4v) is 1.07. The van der Waals surface area contributed by atoms with Crippen molar-refractivity contribution in [3.05, 3.63) is 17.3 Å². The summed E-state index contributed by atoms with van der Waals surface area (Å²) in [5.41, 5.74) is 0. The summed E-state index contributed by atoms with van der Waals surface area (Å²) in [6.07, 6.45) is 0. The molecule has 0 aliphatic rings. The summed E-state index contributed by atoms with van der Waals surface area (Å²) in [7, 11) is 1.94. The summed E-state index contributed by atoms with van der Waals surface area (Å²) in [5, 5.41) is 8.12. The molecule has 4 nitrogen and oxygen atoms in total. The van der Waals surface area contributed by atoms with Gasteiger partial charge in [0.15, 0.2) is 11.0 Å². The largest absolute Gasteiger partial charge is 0.380 e. The second kappa shape index (κ2) is 5.78. The SMILES string of the molecule is CCOCCN(C)c1ccc(Cl)nn1. The number of anilines is 1. The number of halogens is 1. The van der Waals surface area contributed by atoms with Crippen LogP contribution in [0.25, 0.3) is 0 Å². The molecule has 0 fully saturated rings. The lowest BCUT2D eigenvalue weighted by atomic mass is 10.5. The number of rotatable bonds is 5. The van der Waals surface area contributed by atoms with E-state index in [1.165, 1.54) is 0 Å². The third-order valence-corrected chi connectivity index (χ3v) is 1.99. The first-order valence-electron chi connectivity index (χ1n) is 4.52. The van der Waals surface area contributed by atoms with Gasteiger partial charge in [0, 0.05) is 20.2 Å². The van der Waals surface area contributed by atoms with Crippen molar-refractivity contribution in [3.8, 4) is 0 Å². The molecule has 0 radical (unpaired) electrons. The van der Waals surface area contributed by atoms with Crippen molar-refractivity contribution >= 4 is 17.4 Å². The Hall–Kier alpha value is -0.870. The Balaban J connectivity index is 2.43. The number of aromatic nitrogens is 2. The van der Waals surface area contributed by atoms with Crippen LogP contribution >= 0.6 is 11.6 Å². The van der Waals surface area contributed by atoms with Gasteiger partial charge in [0.05, 0.1) is 6.61 Å². The highest BCUT2D eigenvalue weighted by Gasteiger charge is 2.02. The zero-order valence-corrected chi connectivity index (χ0v) is 9.16. The van der Waals surface area contributed by atoms with Crippen LogP contribution in [-0.4, -0.2) is 37.0 Å². The molecule has 0 aromatic carbocycles. The van der Waals surface area contributed by atoms with Crippen LogP contribution in [0.2, 0.25) is 5.15 Å². The molecule has 0 saturated heterocycles. The van der Waals surface area contributed by atoms with E-state index < -0.39 is 0 Å². The molecule has 1 rings (SSSR count). The average molecular weight is 216 g/mol. The van der Waals surface area contributed by atoms with Crippen LogP contribution in [0, 0.1) is 0 Å². The zero-order chi connectivity index (χ0) is 10.4.